The highest BCUT2D eigenvalue weighted by Gasteiger charge is 2.26. The predicted molar refractivity (Wildman–Crippen MR) is 66.0 cm³/mol. The first-order valence-electron chi connectivity index (χ1n) is 5.50. The Morgan fingerprint density at radius 1 is 1.50 bits per heavy atom. The lowest BCUT2D eigenvalue weighted by molar-refractivity contribution is -0.131. The predicted octanol–water partition coefficient (Wildman–Crippen LogP) is -0.185. The summed E-state index contributed by atoms with van der Waals surface area (Å²) in [6.07, 6.45) is 2.77. The number of aromatic nitrogens is 1. The highest BCUT2D eigenvalue weighted by atomic mass is 32.2. The minimum Gasteiger partial charge on any atom is -0.331 e. The van der Waals surface area contributed by atoms with Gasteiger partial charge in [-0.15, -0.1) is 0 Å². The Bertz CT molecular complexity index is 546. The first-order chi connectivity index (χ1) is 8.38. The Morgan fingerprint density at radius 3 is 2.83 bits per heavy atom. The molecule has 1 aromatic heterocycles. The molecule has 2 rings (SSSR count). The van der Waals surface area contributed by atoms with Gasteiger partial charge in [0.1, 0.15) is 0 Å². The van der Waals surface area contributed by atoms with Crippen molar-refractivity contribution in [2.24, 2.45) is 0 Å². The van der Waals surface area contributed by atoms with Gasteiger partial charge in [-0.1, -0.05) is 6.07 Å². The van der Waals surface area contributed by atoms with Gasteiger partial charge >= 0.3 is 0 Å². The molecule has 18 heavy (non-hydrogen) atoms. The zero-order chi connectivity index (χ0) is 13.3. The molecule has 6 nitrogen and oxygen atoms in total. The first-order valence-corrected chi connectivity index (χ1v) is 7.34. The summed E-state index contributed by atoms with van der Waals surface area (Å²) in [6.45, 7) is 0.818. The molecule has 0 N–H and O–H groups in total. The van der Waals surface area contributed by atoms with E-state index in [4.69, 9.17) is 0 Å². The maximum absolute atomic E-state index is 12.0. The van der Waals surface area contributed by atoms with E-state index in [0.29, 0.717) is 13.1 Å². The molecule has 98 valence electrons. The molecule has 1 aliphatic heterocycles. The molecule has 2 heterocycles. The lowest BCUT2D eigenvalue weighted by atomic mass is 10.2. The van der Waals surface area contributed by atoms with Gasteiger partial charge in [-0.2, -0.15) is 4.31 Å². The fourth-order valence-corrected chi connectivity index (χ4v) is 2.13. The van der Waals surface area contributed by atoms with Crippen LogP contribution in [0.2, 0.25) is 0 Å². The van der Waals surface area contributed by atoms with Crippen LogP contribution in [-0.2, 0) is 27.9 Å². The number of carbonyl (C=O) groups excluding carboxylic acids is 1. The molecule has 0 saturated carbocycles. The summed E-state index contributed by atoms with van der Waals surface area (Å²) in [4.78, 5) is 17.8. The average molecular weight is 269 g/mol. The fourth-order valence-electron chi connectivity index (χ4n) is 1.78. The number of sulfonamides is 1. The highest BCUT2D eigenvalue weighted by molar-refractivity contribution is 7.88. The number of pyridine rings is 1. The second-order valence-corrected chi connectivity index (χ2v) is 6.47. The molecule has 0 bridgehead atoms. The normalized spacial score (nSPS) is 14.9. The molecule has 0 atom stereocenters. The number of hydrogen-bond donors (Lipinski definition) is 0. The van der Waals surface area contributed by atoms with Gasteiger partial charge in [0.2, 0.25) is 15.9 Å². The third-order valence-corrected chi connectivity index (χ3v) is 4.22. The van der Waals surface area contributed by atoms with Crippen LogP contribution < -0.4 is 0 Å². The number of fused-ring (bicyclic) bond motifs is 1. The molecule has 1 aliphatic rings. The summed E-state index contributed by atoms with van der Waals surface area (Å²) < 4.78 is 23.5. The zero-order valence-corrected chi connectivity index (χ0v) is 11.1. The molecule has 0 radical (unpaired) electrons. The lowest BCUT2D eigenvalue weighted by Gasteiger charge is -2.19. The fraction of sp³-hybridized carbons (Fsp3) is 0.455. The van der Waals surface area contributed by atoms with Crippen LogP contribution in [0.25, 0.3) is 0 Å². The Morgan fingerprint density at radius 2 is 2.22 bits per heavy atom. The van der Waals surface area contributed by atoms with Gasteiger partial charge < -0.3 is 4.90 Å². The number of rotatable bonds is 3. The summed E-state index contributed by atoms with van der Waals surface area (Å²) in [7, 11) is -1.93. The van der Waals surface area contributed by atoms with Crippen molar-refractivity contribution in [3.63, 3.8) is 0 Å². The lowest BCUT2D eigenvalue weighted by Crippen LogP contribution is -2.38. The highest BCUT2D eigenvalue weighted by Crippen LogP contribution is 2.20. The first kappa shape index (κ1) is 13.0. The van der Waals surface area contributed by atoms with E-state index in [-0.39, 0.29) is 12.5 Å². The number of nitrogens with zero attached hydrogens (tertiary/aromatic N) is 3. The van der Waals surface area contributed by atoms with Crippen molar-refractivity contribution in [3.8, 4) is 0 Å². The van der Waals surface area contributed by atoms with E-state index in [1.54, 1.807) is 11.1 Å². The summed E-state index contributed by atoms with van der Waals surface area (Å²) in [6, 6.07) is 3.76. The smallest absolute Gasteiger partial charge is 0.238 e. The third-order valence-electron chi connectivity index (χ3n) is 2.96. The molecule has 0 spiro atoms. The maximum Gasteiger partial charge on any atom is 0.238 e. The van der Waals surface area contributed by atoms with Gasteiger partial charge in [-0.25, -0.2) is 8.42 Å². The molecule has 1 amide bonds. The van der Waals surface area contributed by atoms with Crippen molar-refractivity contribution in [3.05, 3.63) is 29.6 Å². The quantitative estimate of drug-likeness (QED) is 0.763. The summed E-state index contributed by atoms with van der Waals surface area (Å²) in [5.41, 5.74) is 1.90. The van der Waals surface area contributed by atoms with E-state index >= 15 is 0 Å². The van der Waals surface area contributed by atoms with Gasteiger partial charge in [-0.3, -0.25) is 9.78 Å². The van der Waals surface area contributed by atoms with Crippen LogP contribution >= 0.6 is 0 Å². The summed E-state index contributed by atoms with van der Waals surface area (Å²) >= 11 is 0. The van der Waals surface area contributed by atoms with Gasteiger partial charge in [0, 0.05) is 19.8 Å². The number of hydrogen-bond acceptors (Lipinski definition) is 4. The van der Waals surface area contributed by atoms with E-state index in [9.17, 15) is 13.2 Å². The zero-order valence-electron chi connectivity index (χ0n) is 10.3. The molecule has 0 unspecified atom stereocenters. The Kier molecular flexibility index (Phi) is 3.36. The van der Waals surface area contributed by atoms with E-state index in [1.807, 2.05) is 12.1 Å². The third kappa shape index (κ3) is 2.68. The SMILES string of the molecule is CN(CC(=O)N1Cc2cccnc2C1)S(C)(=O)=O. The van der Waals surface area contributed by atoms with Crippen LogP contribution in [0.4, 0.5) is 0 Å². The van der Waals surface area contributed by atoms with Crippen LogP contribution in [-0.4, -0.2) is 48.4 Å². The van der Waals surface area contributed by atoms with Gasteiger partial charge in [-0.05, 0) is 11.6 Å². The Balaban J connectivity index is 2.02. The second-order valence-electron chi connectivity index (χ2n) is 4.38. The van der Waals surface area contributed by atoms with Crippen molar-refractivity contribution in [2.75, 3.05) is 19.8 Å². The topological polar surface area (TPSA) is 70.6 Å². The van der Waals surface area contributed by atoms with Gasteiger partial charge in [0.15, 0.2) is 0 Å². The largest absolute Gasteiger partial charge is 0.331 e. The molecular weight excluding hydrogens is 254 g/mol. The standard InChI is InChI=1S/C11H15N3O3S/c1-13(18(2,16)17)8-11(15)14-6-9-4-3-5-12-10(9)7-14/h3-5H,6-8H2,1-2H3. The van der Waals surface area contributed by atoms with Crippen molar-refractivity contribution in [1.29, 1.82) is 0 Å². The van der Waals surface area contributed by atoms with Crippen LogP contribution in [0.5, 0.6) is 0 Å². The van der Waals surface area contributed by atoms with Crippen molar-refractivity contribution < 1.29 is 13.2 Å². The average Bonchev–Trinajstić information content (AvgIpc) is 2.71. The minimum atomic E-state index is -3.32. The second kappa shape index (κ2) is 4.66. The van der Waals surface area contributed by atoms with Gasteiger partial charge in [0.05, 0.1) is 25.0 Å². The van der Waals surface area contributed by atoms with E-state index < -0.39 is 10.0 Å². The van der Waals surface area contributed by atoms with Crippen molar-refractivity contribution in [1.82, 2.24) is 14.2 Å². The Labute approximate surface area is 106 Å². The number of carbonyl (C=O) groups is 1. The molecular formula is C11H15N3O3S. The number of amides is 1. The number of likely N-dealkylation sites (N-methyl/N-ethyl adjacent to an activating group) is 1. The van der Waals surface area contributed by atoms with Crippen LogP contribution in [0.3, 0.4) is 0 Å². The molecule has 0 aromatic carbocycles. The molecule has 1 aromatic rings. The van der Waals surface area contributed by atoms with Crippen molar-refractivity contribution >= 4 is 15.9 Å². The summed E-state index contributed by atoms with van der Waals surface area (Å²) in [5, 5.41) is 0. The van der Waals surface area contributed by atoms with E-state index in [1.165, 1.54) is 7.05 Å². The van der Waals surface area contributed by atoms with Crippen molar-refractivity contribution in [2.45, 2.75) is 13.1 Å². The molecule has 0 aliphatic carbocycles. The molecule has 7 heteroatoms. The monoisotopic (exact) mass is 269 g/mol. The summed E-state index contributed by atoms with van der Waals surface area (Å²) in [5.74, 6) is -0.207. The minimum absolute atomic E-state index is 0.132. The van der Waals surface area contributed by atoms with E-state index in [0.717, 1.165) is 21.8 Å². The Hall–Kier alpha value is -1.47. The van der Waals surface area contributed by atoms with Crippen LogP contribution in [0, 0.1) is 0 Å². The van der Waals surface area contributed by atoms with Gasteiger partial charge in [0.25, 0.3) is 0 Å². The molecule has 0 fully saturated rings. The molecule has 0 saturated heterocycles. The maximum atomic E-state index is 12.0. The van der Waals surface area contributed by atoms with Crippen LogP contribution in [0.1, 0.15) is 11.3 Å². The van der Waals surface area contributed by atoms with E-state index in [2.05, 4.69) is 4.98 Å². The van der Waals surface area contributed by atoms with Crippen LogP contribution in [0.15, 0.2) is 18.3 Å².